The first-order chi connectivity index (χ1) is 27.7. The summed E-state index contributed by atoms with van der Waals surface area (Å²) in [6.07, 6.45) is 0. The molecule has 0 bridgehead atoms. The first-order valence-electron chi connectivity index (χ1n) is 18.9. The van der Waals surface area contributed by atoms with Crippen molar-refractivity contribution in [3.8, 4) is 39.4 Å². The Balaban J connectivity index is 1.20. The van der Waals surface area contributed by atoms with Crippen LogP contribution < -0.4 is 14.4 Å². The fourth-order valence-corrected chi connectivity index (χ4v) is 8.42. The molecule has 1 heterocycles. The average Bonchev–Trinajstić information content (AvgIpc) is 3.61. The molecule has 0 atom stereocenters. The van der Waals surface area contributed by atoms with Crippen LogP contribution in [0, 0.1) is 0 Å². The van der Waals surface area contributed by atoms with E-state index < -0.39 is 0 Å². The molecule has 0 N–H and O–H groups in total. The molecule has 0 aliphatic rings. The molecule has 56 heavy (non-hydrogen) atoms. The Morgan fingerprint density at radius 2 is 0.786 bits per heavy atom. The maximum absolute atomic E-state index is 5.58. The van der Waals surface area contributed by atoms with Crippen molar-refractivity contribution < 1.29 is 9.47 Å². The van der Waals surface area contributed by atoms with E-state index in [0.717, 1.165) is 45.4 Å². The van der Waals surface area contributed by atoms with Gasteiger partial charge in [0.15, 0.2) is 0 Å². The van der Waals surface area contributed by atoms with Gasteiger partial charge in [-0.15, -0.1) is 0 Å². The third-order valence-corrected chi connectivity index (χ3v) is 11.0. The van der Waals surface area contributed by atoms with Gasteiger partial charge in [0.25, 0.3) is 0 Å². The first kappa shape index (κ1) is 33.3. The third kappa shape index (κ3) is 5.54. The van der Waals surface area contributed by atoms with Gasteiger partial charge in [0.1, 0.15) is 11.5 Å². The zero-order chi connectivity index (χ0) is 37.6. The van der Waals surface area contributed by atoms with E-state index in [1.807, 2.05) is 24.3 Å². The van der Waals surface area contributed by atoms with Crippen LogP contribution in [0.25, 0.3) is 71.3 Å². The molecule has 9 aromatic carbocycles. The standard InChI is InChI=1S/C52H38N2O2/c1-55-41-29-20-35(21-30-41)51-45-16-6-7-17-46(45)52(36-22-31-42(56-2)32-23-36)48-34-40(28-33-47(48)51)53(37-12-4-3-5-13-37)38-24-26-39(27-25-38)54-49-18-10-8-14-43(49)44-15-9-11-19-50(44)54/h3-34H,1-2H3. The summed E-state index contributed by atoms with van der Waals surface area (Å²) in [5.74, 6) is 1.67. The monoisotopic (exact) mass is 722 g/mol. The number of aromatic nitrogens is 1. The van der Waals surface area contributed by atoms with Crippen molar-refractivity contribution >= 4 is 60.4 Å². The number of hydrogen-bond acceptors (Lipinski definition) is 3. The molecule has 10 rings (SSSR count). The Labute approximate surface area is 326 Å². The van der Waals surface area contributed by atoms with Gasteiger partial charge in [-0.3, -0.25) is 0 Å². The van der Waals surface area contributed by atoms with Crippen molar-refractivity contribution in [3.05, 3.63) is 194 Å². The van der Waals surface area contributed by atoms with E-state index in [-0.39, 0.29) is 0 Å². The number of rotatable bonds is 8. The molecule has 0 aliphatic heterocycles. The van der Waals surface area contributed by atoms with Crippen LogP contribution in [0.4, 0.5) is 17.1 Å². The molecule has 0 spiro atoms. The van der Waals surface area contributed by atoms with Crippen LogP contribution in [0.15, 0.2) is 194 Å². The van der Waals surface area contributed by atoms with Gasteiger partial charge in [-0.05, 0) is 129 Å². The average molecular weight is 723 g/mol. The van der Waals surface area contributed by atoms with E-state index in [0.29, 0.717) is 0 Å². The number of fused-ring (bicyclic) bond motifs is 5. The van der Waals surface area contributed by atoms with Gasteiger partial charge in [0.05, 0.1) is 25.3 Å². The van der Waals surface area contributed by atoms with Gasteiger partial charge in [-0.2, -0.15) is 0 Å². The molecule has 268 valence electrons. The van der Waals surface area contributed by atoms with Gasteiger partial charge in [0, 0.05) is 33.5 Å². The van der Waals surface area contributed by atoms with E-state index in [1.54, 1.807) is 14.2 Å². The van der Waals surface area contributed by atoms with E-state index in [1.165, 1.54) is 54.5 Å². The summed E-state index contributed by atoms with van der Waals surface area (Å²) < 4.78 is 13.5. The van der Waals surface area contributed by atoms with Crippen LogP contribution in [0.2, 0.25) is 0 Å². The normalized spacial score (nSPS) is 11.4. The highest BCUT2D eigenvalue weighted by Crippen LogP contribution is 2.47. The van der Waals surface area contributed by atoms with Crippen LogP contribution in [0.3, 0.4) is 0 Å². The fourth-order valence-electron chi connectivity index (χ4n) is 8.42. The molecule has 10 aromatic rings. The summed E-state index contributed by atoms with van der Waals surface area (Å²) in [5.41, 5.74) is 11.4. The van der Waals surface area contributed by atoms with Crippen LogP contribution in [0.5, 0.6) is 11.5 Å². The molecule has 0 aliphatic carbocycles. The van der Waals surface area contributed by atoms with Crippen LogP contribution in [-0.2, 0) is 0 Å². The maximum atomic E-state index is 5.58. The van der Waals surface area contributed by atoms with Crippen molar-refractivity contribution in [2.75, 3.05) is 19.1 Å². The molecule has 1 aromatic heterocycles. The van der Waals surface area contributed by atoms with Gasteiger partial charge in [-0.25, -0.2) is 0 Å². The van der Waals surface area contributed by atoms with Crippen molar-refractivity contribution in [1.29, 1.82) is 0 Å². The highest BCUT2D eigenvalue weighted by Gasteiger charge is 2.20. The second-order valence-electron chi connectivity index (χ2n) is 14.0. The van der Waals surface area contributed by atoms with Crippen molar-refractivity contribution in [2.45, 2.75) is 0 Å². The lowest BCUT2D eigenvalue weighted by atomic mass is 9.85. The fraction of sp³-hybridized carbons (Fsp3) is 0.0385. The molecular weight excluding hydrogens is 685 g/mol. The molecule has 0 saturated carbocycles. The zero-order valence-electron chi connectivity index (χ0n) is 31.2. The van der Waals surface area contributed by atoms with E-state index >= 15 is 0 Å². The molecule has 0 amide bonds. The Morgan fingerprint density at radius 1 is 0.357 bits per heavy atom. The second-order valence-corrected chi connectivity index (χ2v) is 14.0. The minimum atomic E-state index is 0.831. The lowest BCUT2D eigenvalue weighted by Crippen LogP contribution is -2.10. The molecule has 0 fully saturated rings. The van der Waals surface area contributed by atoms with Crippen molar-refractivity contribution in [3.63, 3.8) is 0 Å². The number of methoxy groups -OCH3 is 2. The first-order valence-corrected chi connectivity index (χ1v) is 18.9. The Hall–Kier alpha value is -7.30. The summed E-state index contributed by atoms with van der Waals surface area (Å²) in [5, 5.41) is 7.24. The van der Waals surface area contributed by atoms with Gasteiger partial charge in [-0.1, -0.05) is 109 Å². The lowest BCUT2D eigenvalue weighted by molar-refractivity contribution is 0.415. The van der Waals surface area contributed by atoms with Crippen LogP contribution in [0.1, 0.15) is 0 Å². The number of para-hydroxylation sites is 3. The summed E-state index contributed by atoms with van der Waals surface area (Å²) in [7, 11) is 3.42. The van der Waals surface area contributed by atoms with Crippen LogP contribution in [-0.4, -0.2) is 18.8 Å². The number of benzene rings is 9. The minimum absolute atomic E-state index is 0.831. The number of hydrogen-bond donors (Lipinski definition) is 0. The third-order valence-electron chi connectivity index (χ3n) is 11.0. The van der Waals surface area contributed by atoms with Gasteiger partial charge < -0.3 is 18.9 Å². The topological polar surface area (TPSA) is 26.6 Å². The highest BCUT2D eigenvalue weighted by molar-refractivity contribution is 6.22. The maximum Gasteiger partial charge on any atom is 0.118 e. The zero-order valence-corrected chi connectivity index (χ0v) is 31.2. The highest BCUT2D eigenvalue weighted by atomic mass is 16.5. The van der Waals surface area contributed by atoms with Gasteiger partial charge >= 0.3 is 0 Å². The Kier molecular flexibility index (Phi) is 8.23. The molecule has 4 heteroatoms. The van der Waals surface area contributed by atoms with Crippen LogP contribution >= 0.6 is 0 Å². The van der Waals surface area contributed by atoms with E-state index in [9.17, 15) is 0 Å². The summed E-state index contributed by atoms with van der Waals surface area (Å²) in [6, 6.07) is 69.4. The number of anilines is 3. The summed E-state index contributed by atoms with van der Waals surface area (Å²) in [4.78, 5) is 2.36. The molecule has 0 saturated heterocycles. The van der Waals surface area contributed by atoms with Crippen molar-refractivity contribution in [1.82, 2.24) is 4.57 Å². The minimum Gasteiger partial charge on any atom is -0.497 e. The quantitative estimate of drug-likeness (QED) is 0.146. The molecule has 0 radical (unpaired) electrons. The van der Waals surface area contributed by atoms with E-state index in [4.69, 9.17) is 9.47 Å². The Bertz CT molecular complexity index is 2970. The number of ether oxygens (including phenoxy) is 2. The largest absolute Gasteiger partial charge is 0.497 e. The van der Waals surface area contributed by atoms with Gasteiger partial charge in [0.2, 0.25) is 0 Å². The summed E-state index contributed by atoms with van der Waals surface area (Å²) >= 11 is 0. The Morgan fingerprint density at radius 3 is 1.32 bits per heavy atom. The predicted molar refractivity (Wildman–Crippen MR) is 234 cm³/mol. The smallest absolute Gasteiger partial charge is 0.118 e. The lowest BCUT2D eigenvalue weighted by Gasteiger charge is -2.27. The number of nitrogens with zero attached hydrogens (tertiary/aromatic N) is 2. The predicted octanol–water partition coefficient (Wildman–Crippen LogP) is 13.9. The summed E-state index contributed by atoms with van der Waals surface area (Å²) in [6.45, 7) is 0. The SMILES string of the molecule is COc1ccc(-c2c3ccccc3c(-c3ccc(OC)cc3)c3cc(N(c4ccccc4)c4ccc(-n5c6ccccc6c6ccccc65)cc4)ccc23)cc1. The molecular formula is C52H38N2O2. The van der Waals surface area contributed by atoms with E-state index in [2.05, 4.69) is 179 Å². The molecule has 0 unspecified atom stereocenters. The second kappa shape index (κ2) is 13.8. The van der Waals surface area contributed by atoms with Crippen molar-refractivity contribution in [2.24, 2.45) is 0 Å². The molecule has 4 nitrogen and oxygen atoms in total.